The molecule has 1 aromatic carbocycles. The van der Waals surface area contributed by atoms with Crippen molar-refractivity contribution in [3.05, 3.63) is 47.3 Å². The van der Waals surface area contributed by atoms with Gasteiger partial charge in [0.2, 0.25) is 0 Å². The SMILES string of the molecule is C1CN=C2NCCCN2C1.CCOC(=O)c1[nH]cc(C)c1-c1ccc(C)cc1. The number of benzene rings is 1. The first-order chi connectivity index (χ1) is 13.6. The van der Waals surface area contributed by atoms with Gasteiger partial charge in [0.15, 0.2) is 5.96 Å². The highest BCUT2D eigenvalue weighted by Gasteiger charge is 2.18. The Morgan fingerprint density at radius 2 is 1.93 bits per heavy atom. The number of rotatable bonds is 3. The maximum atomic E-state index is 11.9. The van der Waals surface area contributed by atoms with E-state index in [2.05, 4.69) is 20.2 Å². The summed E-state index contributed by atoms with van der Waals surface area (Å²) in [4.78, 5) is 21.6. The Balaban J connectivity index is 0.000000188. The number of aliphatic imine (C=N–C) groups is 1. The minimum Gasteiger partial charge on any atom is -0.461 e. The third kappa shape index (κ3) is 4.74. The molecule has 4 rings (SSSR count). The van der Waals surface area contributed by atoms with Gasteiger partial charge in [0.25, 0.3) is 0 Å². The van der Waals surface area contributed by atoms with Gasteiger partial charge in [-0.3, -0.25) is 4.99 Å². The van der Waals surface area contributed by atoms with E-state index in [4.69, 9.17) is 4.74 Å². The van der Waals surface area contributed by atoms with Crippen LogP contribution in [-0.2, 0) is 4.74 Å². The number of aryl methyl sites for hydroxylation is 2. The van der Waals surface area contributed by atoms with E-state index < -0.39 is 0 Å². The van der Waals surface area contributed by atoms with Crippen LogP contribution in [0.5, 0.6) is 0 Å². The number of aromatic amines is 1. The van der Waals surface area contributed by atoms with Gasteiger partial charge >= 0.3 is 5.97 Å². The van der Waals surface area contributed by atoms with Crippen LogP contribution in [0.15, 0.2) is 35.5 Å². The summed E-state index contributed by atoms with van der Waals surface area (Å²) in [6.45, 7) is 10.7. The Morgan fingerprint density at radius 3 is 2.64 bits per heavy atom. The highest BCUT2D eigenvalue weighted by atomic mass is 16.5. The van der Waals surface area contributed by atoms with Crippen molar-refractivity contribution in [1.29, 1.82) is 0 Å². The standard InChI is InChI=1S/C15H17NO2.C7H13N3/c1-4-18-15(17)14-13(11(3)9-16-14)12-7-5-10(2)6-8-12;1-3-8-7-9-4-2-6-10(7)5-1/h5-9,16H,4H2,1-3H3;1-6H2,(H,8,9). The van der Waals surface area contributed by atoms with E-state index in [1.54, 1.807) is 6.92 Å². The maximum Gasteiger partial charge on any atom is 0.355 e. The lowest BCUT2D eigenvalue weighted by Crippen LogP contribution is -2.49. The predicted molar refractivity (Wildman–Crippen MR) is 113 cm³/mol. The number of hydrogen-bond acceptors (Lipinski definition) is 5. The number of H-pyrrole nitrogens is 1. The molecule has 28 heavy (non-hydrogen) atoms. The Morgan fingerprint density at radius 1 is 1.18 bits per heavy atom. The van der Waals surface area contributed by atoms with Crippen molar-refractivity contribution in [2.24, 2.45) is 4.99 Å². The molecule has 0 bridgehead atoms. The smallest absolute Gasteiger partial charge is 0.355 e. The molecule has 0 saturated carbocycles. The van der Waals surface area contributed by atoms with Crippen molar-refractivity contribution in [1.82, 2.24) is 15.2 Å². The van der Waals surface area contributed by atoms with Crippen molar-refractivity contribution in [3.63, 3.8) is 0 Å². The number of aromatic nitrogens is 1. The van der Waals surface area contributed by atoms with Gasteiger partial charge in [-0.15, -0.1) is 0 Å². The largest absolute Gasteiger partial charge is 0.461 e. The van der Waals surface area contributed by atoms with Crippen LogP contribution in [0.25, 0.3) is 11.1 Å². The third-order valence-electron chi connectivity index (χ3n) is 4.93. The summed E-state index contributed by atoms with van der Waals surface area (Å²) in [5, 5.41) is 3.30. The van der Waals surface area contributed by atoms with E-state index in [1.165, 1.54) is 31.5 Å². The Hall–Kier alpha value is -2.76. The van der Waals surface area contributed by atoms with Crippen LogP contribution in [0.3, 0.4) is 0 Å². The molecule has 1 saturated heterocycles. The van der Waals surface area contributed by atoms with Crippen LogP contribution in [0, 0.1) is 13.8 Å². The van der Waals surface area contributed by atoms with Crippen LogP contribution in [0.4, 0.5) is 0 Å². The van der Waals surface area contributed by atoms with E-state index in [-0.39, 0.29) is 5.97 Å². The zero-order valence-corrected chi connectivity index (χ0v) is 17.0. The number of fused-ring (bicyclic) bond motifs is 1. The lowest BCUT2D eigenvalue weighted by molar-refractivity contribution is 0.0521. The molecule has 0 atom stereocenters. The molecule has 0 spiro atoms. The summed E-state index contributed by atoms with van der Waals surface area (Å²) in [7, 11) is 0. The van der Waals surface area contributed by atoms with Crippen LogP contribution in [-0.4, -0.2) is 54.6 Å². The zero-order chi connectivity index (χ0) is 19.9. The second kappa shape index (κ2) is 9.44. The zero-order valence-electron chi connectivity index (χ0n) is 17.0. The number of hydrogen-bond donors (Lipinski definition) is 2. The number of guanidine groups is 1. The van der Waals surface area contributed by atoms with Gasteiger partial charge in [0.1, 0.15) is 5.69 Å². The average molecular weight is 383 g/mol. The molecule has 6 nitrogen and oxygen atoms in total. The number of nitrogens with one attached hydrogen (secondary N) is 2. The molecule has 3 heterocycles. The molecular weight excluding hydrogens is 352 g/mol. The number of carbonyl (C=O) groups is 1. The third-order valence-corrected chi connectivity index (χ3v) is 4.93. The van der Waals surface area contributed by atoms with Crippen molar-refractivity contribution < 1.29 is 9.53 Å². The first-order valence-electron chi connectivity index (χ1n) is 10.1. The number of carbonyl (C=O) groups excluding carboxylic acids is 1. The summed E-state index contributed by atoms with van der Waals surface area (Å²) in [6, 6.07) is 8.12. The average Bonchev–Trinajstić information content (AvgIpc) is 3.11. The Bertz CT molecular complexity index is 824. The molecule has 0 aliphatic carbocycles. The maximum absolute atomic E-state index is 11.9. The summed E-state index contributed by atoms with van der Waals surface area (Å²) in [5.41, 5.74) is 4.72. The molecular formula is C22H30N4O2. The summed E-state index contributed by atoms with van der Waals surface area (Å²) in [5.74, 6) is 0.832. The molecule has 150 valence electrons. The van der Waals surface area contributed by atoms with Gasteiger partial charge in [0.05, 0.1) is 6.61 Å². The van der Waals surface area contributed by atoms with Crippen LogP contribution < -0.4 is 5.32 Å². The fraction of sp³-hybridized carbons (Fsp3) is 0.455. The number of ether oxygens (including phenoxy) is 1. The second-order valence-corrected chi connectivity index (χ2v) is 7.13. The van der Waals surface area contributed by atoms with Gasteiger partial charge in [-0.25, -0.2) is 4.79 Å². The number of nitrogens with zero attached hydrogens (tertiary/aromatic N) is 2. The van der Waals surface area contributed by atoms with Crippen LogP contribution >= 0.6 is 0 Å². The molecule has 2 aliphatic rings. The highest BCUT2D eigenvalue weighted by molar-refractivity contribution is 5.96. The van der Waals surface area contributed by atoms with E-state index in [9.17, 15) is 4.79 Å². The quantitative estimate of drug-likeness (QED) is 0.797. The molecule has 6 heteroatoms. The molecule has 0 radical (unpaired) electrons. The number of esters is 1. The van der Waals surface area contributed by atoms with Crippen LogP contribution in [0.2, 0.25) is 0 Å². The normalized spacial score (nSPS) is 15.5. The van der Waals surface area contributed by atoms with E-state index in [0.29, 0.717) is 12.3 Å². The van der Waals surface area contributed by atoms with Crippen molar-refractivity contribution in [2.75, 3.05) is 32.8 Å². The molecule has 0 unspecified atom stereocenters. The fourth-order valence-corrected chi connectivity index (χ4v) is 3.49. The van der Waals surface area contributed by atoms with E-state index >= 15 is 0 Å². The summed E-state index contributed by atoms with van der Waals surface area (Å²) >= 11 is 0. The molecule has 2 aromatic rings. The minimum atomic E-state index is -0.304. The minimum absolute atomic E-state index is 0.304. The predicted octanol–water partition coefficient (Wildman–Crippen LogP) is 3.52. The van der Waals surface area contributed by atoms with Crippen molar-refractivity contribution in [2.45, 2.75) is 33.6 Å². The highest BCUT2D eigenvalue weighted by Crippen LogP contribution is 2.28. The molecule has 1 fully saturated rings. The van der Waals surface area contributed by atoms with E-state index in [1.807, 2.05) is 44.3 Å². The lowest BCUT2D eigenvalue weighted by Gasteiger charge is -2.33. The van der Waals surface area contributed by atoms with Gasteiger partial charge in [-0.2, -0.15) is 0 Å². The Labute approximate surface area is 167 Å². The summed E-state index contributed by atoms with van der Waals surface area (Å²) in [6.07, 6.45) is 4.33. The Kier molecular flexibility index (Phi) is 6.74. The first-order valence-corrected chi connectivity index (χ1v) is 10.1. The van der Waals surface area contributed by atoms with Gasteiger partial charge < -0.3 is 19.9 Å². The first kappa shape index (κ1) is 20.0. The summed E-state index contributed by atoms with van der Waals surface area (Å²) < 4.78 is 5.06. The molecule has 1 aromatic heterocycles. The van der Waals surface area contributed by atoms with E-state index in [0.717, 1.165) is 35.7 Å². The second-order valence-electron chi connectivity index (χ2n) is 7.13. The van der Waals surface area contributed by atoms with Gasteiger partial charge in [0, 0.05) is 37.9 Å². The molecule has 2 N–H and O–H groups in total. The fourth-order valence-electron chi connectivity index (χ4n) is 3.49. The van der Waals surface area contributed by atoms with Gasteiger partial charge in [-0.05, 0) is 44.7 Å². The van der Waals surface area contributed by atoms with Crippen molar-refractivity contribution >= 4 is 11.9 Å². The molecule has 2 aliphatic heterocycles. The van der Waals surface area contributed by atoms with Crippen LogP contribution in [0.1, 0.15) is 41.4 Å². The lowest BCUT2D eigenvalue weighted by atomic mass is 10.0. The van der Waals surface area contributed by atoms with Crippen molar-refractivity contribution in [3.8, 4) is 11.1 Å². The van der Waals surface area contributed by atoms with Gasteiger partial charge in [-0.1, -0.05) is 29.8 Å². The topological polar surface area (TPSA) is 69.7 Å². The monoisotopic (exact) mass is 382 g/mol. The molecule has 0 amide bonds.